The number of hydrogen-bond acceptors (Lipinski definition) is 6. The number of fused-ring (bicyclic) bond motifs is 1. The summed E-state index contributed by atoms with van der Waals surface area (Å²) in [5, 5.41) is 7.42. The van der Waals surface area contributed by atoms with Crippen molar-refractivity contribution in [2.45, 2.75) is 20.8 Å². The van der Waals surface area contributed by atoms with E-state index in [4.69, 9.17) is 0 Å². The first-order valence-corrected chi connectivity index (χ1v) is 7.90. The number of hydrogen-bond donors (Lipinski definition) is 1. The van der Waals surface area contributed by atoms with Crippen molar-refractivity contribution in [2.75, 3.05) is 5.43 Å². The predicted molar refractivity (Wildman–Crippen MR) is 87.2 cm³/mol. The zero-order valence-corrected chi connectivity index (χ0v) is 13.1. The van der Waals surface area contributed by atoms with Gasteiger partial charge in [-0.1, -0.05) is 0 Å². The molecule has 0 atom stereocenters. The highest BCUT2D eigenvalue weighted by Gasteiger charge is 2.11. The van der Waals surface area contributed by atoms with E-state index in [0.29, 0.717) is 0 Å². The second-order valence-corrected chi connectivity index (χ2v) is 6.67. The summed E-state index contributed by atoms with van der Waals surface area (Å²) < 4.78 is 0. The molecule has 0 saturated carbocycles. The molecule has 0 aliphatic heterocycles. The monoisotopic (exact) mass is 302 g/mol. The van der Waals surface area contributed by atoms with Gasteiger partial charge in [0.15, 0.2) is 5.82 Å². The van der Waals surface area contributed by atoms with Crippen LogP contribution in [0.5, 0.6) is 0 Å². The van der Waals surface area contributed by atoms with Gasteiger partial charge in [0.05, 0.1) is 11.6 Å². The quantitative estimate of drug-likeness (QED) is 0.585. The molecule has 3 aromatic heterocycles. The van der Waals surface area contributed by atoms with Crippen LogP contribution in [-0.2, 0) is 0 Å². The molecule has 0 aromatic carbocycles. The molecule has 0 saturated heterocycles. The highest BCUT2D eigenvalue weighted by molar-refractivity contribution is 7.18. The molecule has 3 aromatic rings. The van der Waals surface area contributed by atoms with Gasteiger partial charge in [0, 0.05) is 9.75 Å². The lowest BCUT2D eigenvalue weighted by molar-refractivity contribution is 1.19. The van der Waals surface area contributed by atoms with Crippen LogP contribution in [0.1, 0.15) is 20.9 Å². The lowest BCUT2D eigenvalue weighted by atomic mass is 10.2. The van der Waals surface area contributed by atoms with Gasteiger partial charge in [0.1, 0.15) is 11.2 Å². The van der Waals surface area contributed by atoms with Gasteiger partial charge in [-0.3, -0.25) is 5.43 Å². The van der Waals surface area contributed by atoms with Gasteiger partial charge >= 0.3 is 0 Å². The minimum absolute atomic E-state index is 0.766. The van der Waals surface area contributed by atoms with E-state index in [1.165, 1.54) is 16.0 Å². The van der Waals surface area contributed by atoms with Gasteiger partial charge in [-0.15, -0.1) is 22.7 Å². The van der Waals surface area contributed by atoms with Crippen LogP contribution in [0.3, 0.4) is 0 Å². The number of aromatic nitrogens is 2. The van der Waals surface area contributed by atoms with Crippen LogP contribution in [0.4, 0.5) is 5.82 Å². The Hall–Kier alpha value is -1.79. The zero-order chi connectivity index (χ0) is 14.1. The Kier molecular flexibility index (Phi) is 3.50. The lowest BCUT2D eigenvalue weighted by Crippen LogP contribution is -1.95. The maximum absolute atomic E-state index is 4.31. The average Bonchev–Trinajstić information content (AvgIpc) is 2.96. The molecule has 6 heteroatoms. The second-order valence-electron chi connectivity index (χ2n) is 4.52. The lowest BCUT2D eigenvalue weighted by Gasteiger charge is -2.01. The van der Waals surface area contributed by atoms with Crippen molar-refractivity contribution in [1.82, 2.24) is 9.97 Å². The Morgan fingerprint density at radius 1 is 1.25 bits per heavy atom. The number of hydrazone groups is 1. The molecule has 3 heterocycles. The van der Waals surface area contributed by atoms with E-state index < -0.39 is 0 Å². The number of rotatable bonds is 3. The smallest absolute Gasteiger partial charge is 0.158 e. The Labute approximate surface area is 125 Å². The molecule has 0 bridgehead atoms. The number of anilines is 1. The van der Waals surface area contributed by atoms with Crippen molar-refractivity contribution in [1.29, 1.82) is 0 Å². The number of nitrogens with zero attached hydrogens (tertiary/aromatic N) is 3. The Balaban J connectivity index is 1.92. The number of nitrogens with one attached hydrogen (secondary N) is 1. The van der Waals surface area contributed by atoms with Gasteiger partial charge in [0.2, 0.25) is 0 Å². The summed E-state index contributed by atoms with van der Waals surface area (Å²) in [7, 11) is 0. The molecular formula is C14H14N4S2. The van der Waals surface area contributed by atoms with Crippen LogP contribution in [0, 0.1) is 20.8 Å². The normalized spacial score (nSPS) is 11.6. The van der Waals surface area contributed by atoms with Crippen molar-refractivity contribution in [3.8, 4) is 0 Å². The largest absolute Gasteiger partial charge is 0.261 e. The van der Waals surface area contributed by atoms with Gasteiger partial charge in [-0.25, -0.2) is 9.97 Å². The van der Waals surface area contributed by atoms with Crippen molar-refractivity contribution < 1.29 is 0 Å². The van der Waals surface area contributed by atoms with E-state index in [1.807, 2.05) is 6.21 Å². The fourth-order valence-electron chi connectivity index (χ4n) is 1.94. The summed E-state index contributed by atoms with van der Waals surface area (Å²) in [5.74, 6) is 0.766. The third kappa shape index (κ3) is 2.32. The Morgan fingerprint density at radius 2 is 2.10 bits per heavy atom. The van der Waals surface area contributed by atoms with E-state index >= 15 is 0 Å². The van der Waals surface area contributed by atoms with Crippen LogP contribution in [0.15, 0.2) is 22.9 Å². The van der Waals surface area contributed by atoms with Gasteiger partial charge < -0.3 is 0 Å². The third-order valence-corrected chi connectivity index (χ3v) is 5.29. The first-order chi connectivity index (χ1) is 9.66. The van der Waals surface area contributed by atoms with Gasteiger partial charge in [0.25, 0.3) is 0 Å². The van der Waals surface area contributed by atoms with E-state index in [0.717, 1.165) is 20.9 Å². The van der Waals surface area contributed by atoms with Gasteiger partial charge in [-0.2, -0.15) is 5.10 Å². The van der Waals surface area contributed by atoms with Crippen molar-refractivity contribution in [3.63, 3.8) is 0 Å². The maximum Gasteiger partial charge on any atom is 0.158 e. The summed E-state index contributed by atoms with van der Waals surface area (Å²) in [6.45, 7) is 6.27. The van der Waals surface area contributed by atoms with E-state index in [2.05, 4.69) is 52.7 Å². The first-order valence-electron chi connectivity index (χ1n) is 6.20. The molecule has 102 valence electrons. The van der Waals surface area contributed by atoms with Crippen LogP contribution in [0.2, 0.25) is 0 Å². The molecule has 4 nitrogen and oxygen atoms in total. The fourth-order valence-corrected chi connectivity index (χ4v) is 3.72. The second kappa shape index (κ2) is 5.30. The van der Waals surface area contributed by atoms with E-state index in [9.17, 15) is 0 Å². The zero-order valence-electron chi connectivity index (χ0n) is 11.5. The van der Waals surface area contributed by atoms with Crippen LogP contribution >= 0.6 is 22.7 Å². The molecular weight excluding hydrogens is 288 g/mol. The number of aryl methyl sites for hydroxylation is 3. The average molecular weight is 302 g/mol. The van der Waals surface area contributed by atoms with Gasteiger partial charge in [-0.05, 0) is 43.3 Å². The highest BCUT2D eigenvalue weighted by atomic mass is 32.1. The predicted octanol–water partition coefficient (Wildman–Crippen LogP) is 4.12. The molecule has 0 fully saturated rings. The Morgan fingerprint density at radius 3 is 2.85 bits per heavy atom. The standard InChI is InChI=1S/C14H14N4S2/c1-8-4-5-19-11(8)6-17-18-13-12-9(2)10(3)20-14(12)16-7-15-13/h4-7H,1-3H3,(H,15,16,18)/b17-6+. The summed E-state index contributed by atoms with van der Waals surface area (Å²) in [5.41, 5.74) is 5.49. The fraction of sp³-hybridized carbons (Fsp3) is 0.214. The van der Waals surface area contributed by atoms with E-state index in [-0.39, 0.29) is 0 Å². The summed E-state index contributed by atoms with van der Waals surface area (Å²) >= 11 is 3.36. The SMILES string of the molecule is Cc1ccsc1/C=N/Nc1ncnc2sc(C)c(C)c12. The first kappa shape index (κ1) is 13.2. The van der Waals surface area contributed by atoms with Crippen molar-refractivity contribution >= 4 is 44.9 Å². The number of thiophene rings is 2. The van der Waals surface area contributed by atoms with Crippen molar-refractivity contribution in [2.24, 2.45) is 5.10 Å². The van der Waals surface area contributed by atoms with Crippen LogP contribution in [-0.4, -0.2) is 16.2 Å². The summed E-state index contributed by atoms with van der Waals surface area (Å²) in [6.07, 6.45) is 3.41. The topological polar surface area (TPSA) is 50.2 Å². The third-order valence-electron chi connectivity index (χ3n) is 3.22. The minimum Gasteiger partial charge on any atom is -0.261 e. The molecule has 20 heavy (non-hydrogen) atoms. The minimum atomic E-state index is 0.766. The van der Waals surface area contributed by atoms with Crippen molar-refractivity contribution in [3.05, 3.63) is 38.7 Å². The van der Waals surface area contributed by atoms with E-state index in [1.54, 1.807) is 29.0 Å². The highest BCUT2D eigenvalue weighted by Crippen LogP contribution is 2.32. The molecule has 0 amide bonds. The molecule has 0 radical (unpaired) electrons. The Bertz CT molecular complexity index is 786. The molecule has 1 N–H and O–H groups in total. The molecule has 0 spiro atoms. The van der Waals surface area contributed by atoms with Crippen LogP contribution in [0.25, 0.3) is 10.2 Å². The molecule has 0 aliphatic rings. The summed E-state index contributed by atoms with van der Waals surface area (Å²) in [4.78, 5) is 12.0. The molecule has 0 unspecified atom stereocenters. The van der Waals surface area contributed by atoms with Crippen LogP contribution < -0.4 is 5.43 Å². The maximum atomic E-state index is 4.31. The molecule has 0 aliphatic carbocycles. The summed E-state index contributed by atoms with van der Waals surface area (Å²) in [6, 6.07) is 2.08. The molecule has 3 rings (SSSR count).